The van der Waals surface area contributed by atoms with Crippen LogP contribution in [0.1, 0.15) is 17.2 Å². The normalized spacial score (nSPS) is 12.7. The highest BCUT2D eigenvalue weighted by molar-refractivity contribution is 5.89. The van der Waals surface area contributed by atoms with E-state index in [2.05, 4.69) is 10.6 Å². The Bertz CT molecular complexity index is 685. The van der Waals surface area contributed by atoms with Crippen molar-refractivity contribution >= 4 is 11.7 Å². The van der Waals surface area contributed by atoms with Crippen LogP contribution in [0.25, 0.3) is 0 Å². The molecule has 25 heavy (non-hydrogen) atoms. The maximum Gasteiger partial charge on any atom is 0.416 e. The van der Waals surface area contributed by atoms with Gasteiger partial charge in [-0.2, -0.15) is 13.2 Å². The van der Waals surface area contributed by atoms with E-state index in [0.29, 0.717) is 12.2 Å². The van der Waals surface area contributed by atoms with E-state index in [-0.39, 0.29) is 6.04 Å². The molecule has 0 spiro atoms. The minimum atomic E-state index is -4.40. The van der Waals surface area contributed by atoms with E-state index in [1.54, 1.807) is 0 Å². The highest BCUT2D eigenvalue weighted by Crippen LogP contribution is 2.29. The summed E-state index contributed by atoms with van der Waals surface area (Å²) < 4.78 is 37.7. The Morgan fingerprint density at radius 2 is 1.64 bits per heavy atom. The van der Waals surface area contributed by atoms with Crippen LogP contribution >= 0.6 is 0 Å². The second kappa shape index (κ2) is 8.02. The standard InChI is InChI=1S/C18H20F3N3O/c1-24(2)12-16(13-6-4-3-5-7-13)23-17(25)22-15-10-8-14(9-11-15)18(19,20)21/h3-11,16H,12H2,1-2H3,(H2,22,23,25). The van der Waals surface area contributed by atoms with Gasteiger partial charge in [-0.1, -0.05) is 30.3 Å². The summed E-state index contributed by atoms with van der Waals surface area (Å²) in [5, 5.41) is 5.40. The van der Waals surface area contributed by atoms with Crippen LogP contribution in [-0.4, -0.2) is 31.6 Å². The molecule has 0 bridgehead atoms. The molecule has 2 aromatic carbocycles. The first kappa shape index (κ1) is 18.8. The van der Waals surface area contributed by atoms with Gasteiger partial charge < -0.3 is 15.5 Å². The van der Waals surface area contributed by atoms with Gasteiger partial charge in [0, 0.05) is 12.2 Å². The van der Waals surface area contributed by atoms with Crippen LogP contribution < -0.4 is 10.6 Å². The van der Waals surface area contributed by atoms with Crippen molar-refractivity contribution in [3.8, 4) is 0 Å². The van der Waals surface area contributed by atoms with Gasteiger partial charge in [0.2, 0.25) is 0 Å². The fourth-order valence-corrected chi connectivity index (χ4v) is 2.35. The first-order valence-corrected chi connectivity index (χ1v) is 7.70. The molecule has 2 N–H and O–H groups in total. The minimum Gasteiger partial charge on any atom is -0.330 e. The molecule has 0 fully saturated rings. The Hall–Kier alpha value is -2.54. The number of urea groups is 1. The molecule has 0 saturated carbocycles. The lowest BCUT2D eigenvalue weighted by molar-refractivity contribution is -0.137. The Labute approximate surface area is 144 Å². The third-order valence-corrected chi connectivity index (χ3v) is 3.53. The maximum absolute atomic E-state index is 12.6. The molecule has 0 aliphatic heterocycles. The number of hydrogen-bond acceptors (Lipinski definition) is 2. The summed E-state index contributed by atoms with van der Waals surface area (Å²) in [6.45, 7) is 0.588. The van der Waals surface area contributed by atoms with Crippen molar-refractivity contribution in [2.75, 3.05) is 26.0 Å². The number of carbonyl (C=O) groups excluding carboxylic acids is 1. The Kier molecular flexibility index (Phi) is 6.03. The monoisotopic (exact) mass is 351 g/mol. The number of amides is 2. The zero-order valence-electron chi connectivity index (χ0n) is 14.0. The third kappa shape index (κ3) is 5.79. The predicted octanol–water partition coefficient (Wildman–Crippen LogP) is 4.13. The Morgan fingerprint density at radius 1 is 1.04 bits per heavy atom. The molecule has 7 heteroatoms. The van der Waals surface area contributed by atoms with E-state index < -0.39 is 17.8 Å². The third-order valence-electron chi connectivity index (χ3n) is 3.53. The zero-order chi connectivity index (χ0) is 18.4. The number of alkyl halides is 3. The maximum atomic E-state index is 12.6. The highest BCUT2D eigenvalue weighted by Gasteiger charge is 2.30. The number of likely N-dealkylation sites (N-methyl/N-ethyl adjacent to an activating group) is 1. The average Bonchev–Trinajstić information content (AvgIpc) is 2.54. The highest BCUT2D eigenvalue weighted by atomic mass is 19.4. The van der Waals surface area contributed by atoms with Crippen LogP contribution in [0.3, 0.4) is 0 Å². The van der Waals surface area contributed by atoms with Crippen molar-refractivity contribution in [3.05, 3.63) is 65.7 Å². The van der Waals surface area contributed by atoms with Crippen LogP contribution in [0.4, 0.5) is 23.7 Å². The van der Waals surface area contributed by atoms with Gasteiger partial charge in [-0.15, -0.1) is 0 Å². The number of anilines is 1. The first-order chi connectivity index (χ1) is 11.8. The lowest BCUT2D eigenvalue weighted by Crippen LogP contribution is -2.37. The molecule has 1 atom stereocenters. The van der Waals surface area contributed by atoms with Gasteiger partial charge in [-0.25, -0.2) is 4.79 Å². The van der Waals surface area contributed by atoms with Crippen LogP contribution in [0.2, 0.25) is 0 Å². The van der Waals surface area contributed by atoms with E-state index in [1.165, 1.54) is 12.1 Å². The number of hydrogen-bond donors (Lipinski definition) is 2. The van der Waals surface area contributed by atoms with Gasteiger partial charge in [-0.05, 0) is 43.9 Å². The summed E-state index contributed by atoms with van der Waals surface area (Å²) in [5.74, 6) is 0. The molecule has 1 unspecified atom stereocenters. The van der Waals surface area contributed by atoms with E-state index in [9.17, 15) is 18.0 Å². The lowest BCUT2D eigenvalue weighted by atomic mass is 10.1. The van der Waals surface area contributed by atoms with Crippen LogP contribution in [0.5, 0.6) is 0 Å². The number of rotatable bonds is 5. The number of nitrogens with zero attached hydrogens (tertiary/aromatic N) is 1. The molecular formula is C18H20F3N3O. The quantitative estimate of drug-likeness (QED) is 0.851. The molecule has 0 aliphatic carbocycles. The van der Waals surface area contributed by atoms with Gasteiger partial charge in [-0.3, -0.25) is 0 Å². The summed E-state index contributed by atoms with van der Waals surface area (Å²) in [4.78, 5) is 14.1. The molecule has 0 heterocycles. The van der Waals surface area contributed by atoms with Crippen molar-refractivity contribution in [2.24, 2.45) is 0 Å². The minimum absolute atomic E-state index is 0.245. The van der Waals surface area contributed by atoms with Crippen molar-refractivity contribution in [3.63, 3.8) is 0 Å². The smallest absolute Gasteiger partial charge is 0.330 e. The molecule has 0 aromatic heterocycles. The van der Waals surface area contributed by atoms with Gasteiger partial charge in [0.25, 0.3) is 0 Å². The van der Waals surface area contributed by atoms with Crippen molar-refractivity contribution in [1.82, 2.24) is 10.2 Å². The molecule has 2 rings (SSSR count). The Morgan fingerprint density at radius 3 is 2.16 bits per heavy atom. The zero-order valence-corrected chi connectivity index (χ0v) is 14.0. The fourth-order valence-electron chi connectivity index (χ4n) is 2.35. The summed E-state index contributed by atoms with van der Waals surface area (Å²) in [6.07, 6.45) is -4.40. The summed E-state index contributed by atoms with van der Waals surface area (Å²) in [6, 6.07) is 13.1. The van der Waals surface area contributed by atoms with E-state index in [0.717, 1.165) is 17.7 Å². The summed E-state index contributed by atoms with van der Waals surface area (Å²) in [7, 11) is 3.79. The molecule has 0 saturated heterocycles. The van der Waals surface area contributed by atoms with Crippen LogP contribution in [0.15, 0.2) is 54.6 Å². The second-order valence-corrected chi connectivity index (χ2v) is 5.90. The van der Waals surface area contributed by atoms with Crippen molar-refractivity contribution in [2.45, 2.75) is 12.2 Å². The molecule has 134 valence electrons. The van der Waals surface area contributed by atoms with E-state index in [1.807, 2.05) is 49.3 Å². The van der Waals surface area contributed by atoms with Crippen molar-refractivity contribution < 1.29 is 18.0 Å². The first-order valence-electron chi connectivity index (χ1n) is 7.70. The van der Waals surface area contributed by atoms with E-state index >= 15 is 0 Å². The number of nitrogens with one attached hydrogen (secondary N) is 2. The van der Waals surface area contributed by atoms with Gasteiger partial charge in [0.1, 0.15) is 0 Å². The summed E-state index contributed by atoms with van der Waals surface area (Å²) >= 11 is 0. The largest absolute Gasteiger partial charge is 0.416 e. The van der Waals surface area contributed by atoms with Crippen LogP contribution in [-0.2, 0) is 6.18 Å². The molecular weight excluding hydrogens is 331 g/mol. The van der Waals surface area contributed by atoms with E-state index in [4.69, 9.17) is 0 Å². The molecule has 2 aromatic rings. The average molecular weight is 351 g/mol. The fraction of sp³-hybridized carbons (Fsp3) is 0.278. The number of halogens is 3. The van der Waals surface area contributed by atoms with Crippen LogP contribution in [0, 0.1) is 0 Å². The molecule has 0 aliphatic rings. The predicted molar refractivity (Wildman–Crippen MR) is 91.3 cm³/mol. The molecule has 2 amide bonds. The Balaban J connectivity index is 2.03. The van der Waals surface area contributed by atoms with Gasteiger partial charge in [0.05, 0.1) is 11.6 Å². The number of benzene rings is 2. The second-order valence-electron chi connectivity index (χ2n) is 5.90. The van der Waals surface area contributed by atoms with Gasteiger partial charge in [0.15, 0.2) is 0 Å². The van der Waals surface area contributed by atoms with Crippen molar-refractivity contribution in [1.29, 1.82) is 0 Å². The van der Waals surface area contributed by atoms with Gasteiger partial charge >= 0.3 is 12.2 Å². The molecule has 0 radical (unpaired) electrons. The number of carbonyl (C=O) groups is 1. The summed E-state index contributed by atoms with van der Waals surface area (Å²) in [5.41, 5.74) is 0.481. The SMILES string of the molecule is CN(C)CC(NC(=O)Nc1ccc(C(F)(F)F)cc1)c1ccccc1. The lowest BCUT2D eigenvalue weighted by Gasteiger charge is -2.23. The topological polar surface area (TPSA) is 44.4 Å². The molecule has 4 nitrogen and oxygen atoms in total.